The van der Waals surface area contributed by atoms with E-state index < -0.39 is 0 Å². The van der Waals surface area contributed by atoms with Crippen LogP contribution in [0.15, 0.2) is 24.3 Å². The van der Waals surface area contributed by atoms with Crippen LogP contribution < -0.4 is 0 Å². The van der Waals surface area contributed by atoms with E-state index in [1.54, 1.807) is 12.1 Å². The highest BCUT2D eigenvalue weighted by Gasteiger charge is 2.19. The van der Waals surface area contributed by atoms with Crippen LogP contribution in [0, 0.1) is 0 Å². The zero-order valence-electron chi connectivity index (χ0n) is 10.1. The Labute approximate surface area is 112 Å². The molecule has 0 amide bonds. The standard InChI is InChI=1S/C14H20BrNO/c15-10-13-4-2-1-3-9-16(13)11-12-5-7-14(17)8-6-12/h5-8,13,17H,1-4,9-11H2. The van der Waals surface area contributed by atoms with Gasteiger partial charge < -0.3 is 5.11 Å². The van der Waals surface area contributed by atoms with Gasteiger partial charge in [0, 0.05) is 17.9 Å². The second kappa shape index (κ2) is 6.41. The Morgan fingerprint density at radius 1 is 1.18 bits per heavy atom. The number of halogens is 1. The Morgan fingerprint density at radius 3 is 2.65 bits per heavy atom. The van der Waals surface area contributed by atoms with E-state index in [0.29, 0.717) is 11.8 Å². The first kappa shape index (κ1) is 12.9. The average molecular weight is 298 g/mol. The van der Waals surface area contributed by atoms with Crippen LogP contribution in [0.3, 0.4) is 0 Å². The van der Waals surface area contributed by atoms with Crippen molar-refractivity contribution >= 4 is 15.9 Å². The molecule has 2 nitrogen and oxygen atoms in total. The van der Waals surface area contributed by atoms with E-state index in [1.807, 2.05) is 12.1 Å². The van der Waals surface area contributed by atoms with Crippen LogP contribution in [0.4, 0.5) is 0 Å². The van der Waals surface area contributed by atoms with E-state index in [9.17, 15) is 5.11 Å². The van der Waals surface area contributed by atoms with E-state index in [4.69, 9.17) is 0 Å². The van der Waals surface area contributed by atoms with Crippen molar-refractivity contribution in [3.63, 3.8) is 0 Å². The lowest BCUT2D eigenvalue weighted by atomic mass is 10.1. The maximum absolute atomic E-state index is 9.28. The molecule has 1 aromatic rings. The van der Waals surface area contributed by atoms with Crippen molar-refractivity contribution in [3.8, 4) is 5.75 Å². The van der Waals surface area contributed by atoms with Gasteiger partial charge in [-0.1, -0.05) is 40.9 Å². The van der Waals surface area contributed by atoms with Crippen LogP contribution >= 0.6 is 15.9 Å². The van der Waals surface area contributed by atoms with Crippen molar-refractivity contribution in [2.45, 2.75) is 38.3 Å². The molecular weight excluding hydrogens is 278 g/mol. The Hall–Kier alpha value is -0.540. The summed E-state index contributed by atoms with van der Waals surface area (Å²) in [6.45, 7) is 2.19. The Bertz CT molecular complexity index is 339. The van der Waals surface area contributed by atoms with Gasteiger partial charge in [-0.2, -0.15) is 0 Å². The molecular formula is C14H20BrNO. The van der Waals surface area contributed by atoms with Gasteiger partial charge in [0.25, 0.3) is 0 Å². The molecule has 0 radical (unpaired) electrons. The number of likely N-dealkylation sites (tertiary alicyclic amines) is 1. The summed E-state index contributed by atoms with van der Waals surface area (Å²) in [6.07, 6.45) is 5.31. The number of benzene rings is 1. The summed E-state index contributed by atoms with van der Waals surface area (Å²) in [4.78, 5) is 2.56. The highest BCUT2D eigenvalue weighted by atomic mass is 79.9. The van der Waals surface area contributed by atoms with Gasteiger partial charge in [-0.05, 0) is 37.1 Å². The zero-order valence-corrected chi connectivity index (χ0v) is 11.7. The first-order valence-corrected chi connectivity index (χ1v) is 7.49. The third-order valence-electron chi connectivity index (χ3n) is 3.50. The molecule has 0 aromatic heterocycles. The summed E-state index contributed by atoms with van der Waals surface area (Å²) in [5, 5.41) is 10.3. The zero-order chi connectivity index (χ0) is 12.1. The largest absolute Gasteiger partial charge is 0.508 e. The summed E-state index contributed by atoms with van der Waals surface area (Å²) < 4.78 is 0. The van der Waals surface area contributed by atoms with Crippen molar-refractivity contribution in [2.75, 3.05) is 11.9 Å². The number of phenolic OH excluding ortho intramolecular Hbond substituents is 1. The molecule has 1 aromatic carbocycles. The van der Waals surface area contributed by atoms with E-state index >= 15 is 0 Å². The van der Waals surface area contributed by atoms with Gasteiger partial charge in [-0.3, -0.25) is 4.90 Å². The molecule has 1 unspecified atom stereocenters. The fraction of sp³-hybridized carbons (Fsp3) is 0.571. The molecule has 1 saturated heterocycles. The smallest absolute Gasteiger partial charge is 0.115 e. The topological polar surface area (TPSA) is 23.5 Å². The lowest BCUT2D eigenvalue weighted by Gasteiger charge is -2.28. The molecule has 3 heteroatoms. The Balaban J connectivity index is 2.01. The molecule has 0 saturated carbocycles. The number of nitrogens with zero attached hydrogens (tertiary/aromatic N) is 1. The van der Waals surface area contributed by atoms with Crippen LogP contribution in [0.1, 0.15) is 31.2 Å². The summed E-state index contributed by atoms with van der Waals surface area (Å²) >= 11 is 3.63. The molecule has 1 aliphatic heterocycles. The number of phenols is 1. The predicted molar refractivity (Wildman–Crippen MR) is 74.6 cm³/mol. The second-order valence-corrected chi connectivity index (χ2v) is 5.44. The molecule has 1 atom stereocenters. The lowest BCUT2D eigenvalue weighted by molar-refractivity contribution is 0.209. The van der Waals surface area contributed by atoms with Crippen LogP contribution in [-0.4, -0.2) is 27.9 Å². The average Bonchev–Trinajstić information content (AvgIpc) is 2.57. The number of rotatable bonds is 3. The minimum Gasteiger partial charge on any atom is -0.508 e. The van der Waals surface area contributed by atoms with Gasteiger partial charge in [0.1, 0.15) is 5.75 Å². The summed E-state index contributed by atoms with van der Waals surface area (Å²) in [7, 11) is 0. The fourth-order valence-corrected chi connectivity index (χ4v) is 3.19. The summed E-state index contributed by atoms with van der Waals surface area (Å²) in [5.74, 6) is 0.349. The second-order valence-electron chi connectivity index (χ2n) is 4.79. The maximum Gasteiger partial charge on any atom is 0.115 e. The molecule has 1 N–H and O–H groups in total. The van der Waals surface area contributed by atoms with Crippen molar-refractivity contribution in [1.82, 2.24) is 4.90 Å². The van der Waals surface area contributed by atoms with Gasteiger partial charge in [-0.15, -0.1) is 0 Å². The lowest BCUT2D eigenvalue weighted by Crippen LogP contribution is -2.35. The first-order valence-electron chi connectivity index (χ1n) is 6.37. The summed E-state index contributed by atoms with van der Waals surface area (Å²) in [6, 6.07) is 8.25. The quantitative estimate of drug-likeness (QED) is 0.863. The SMILES string of the molecule is Oc1ccc(CN2CCCCCC2CBr)cc1. The molecule has 1 fully saturated rings. The van der Waals surface area contributed by atoms with Gasteiger partial charge in [0.15, 0.2) is 0 Å². The molecule has 0 aliphatic carbocycles. The molecule has 17 heavy (non-hydrogen) atoms. The molecule has 0 spiro atoms. The Kier molecular flexibility index (Phi) is 4.86. The molecule has 0 bridgehead atoms. The highest BCUT2D eigenvalue weighted by Crippen LogP contribution is 2.21. The van der Waals surface area contributed by atoms with Crippen molar-refractivity contribution < 1.29 is 5.11 Å². The third-order valence-corrected chi connectivity index (χ3v) is 4.25. The Morgan fingerprint density at radius 2 is 1.94 bits per heavy atom. The van der Waals surface area contributed by atoms with Gasteiger partial charge in [0.2, 0.25) is 0 Å². The fourth-order valence-electron chi connectivity index (χ4n) is 2.46. The van der Waals surface area contributed by atoms with E-state index in [-0.39, 0.29) is 0 Å². The van der Waals surface area contributed by atoms with Crippen molar-refractivity contribution in [1.29, 1.82) is 0 Å². The number of hydrogen-bond donors (Lipinski definition) is 1. The minimum atomic E-state index is 0.349. The maximum atomic E-state index is 9.28. The van der Waals surface area contributed by atoms with Gasteiger partial charge >= 0.3 is 0 Å². The molecule has 94 valence electrons. The van der Waals surface area contributed by atoms with E-state index in [0.717, 1.165) is 11.9 Å². The van der Waals surface area contributed by atoms with Gasteiger partial charge in [-0.25, -0.2) is 0 Å². The minimum absolute atomic E-state index is 0.349. The summed E-state index contributed by atoms with van der Waals surface area (Å²) in [5.41, 5.74) is 1.29. The van der Waals surface area contributed by atoms with Crippen molar-refractivity contribution in [2.24, 2.45) is 0 Å². The van der Waals surface area contributed by atoms with E-state index in [1.165, 1.54) is 37.8 Å². The third kappa shape index (κ3) is 3.71. The molecule has 2 rings (SSSR count). The number of aromatic hydroxyl groups is 1. The highest BCUT2D eigenvalue weighted by molar-refractivity contribution is 9.09. The van der Waals surface area contributed by atoms with Crippen molar-refractivity contribution in [3.05, 3.63) is 29.8 Å². The number of alkyl halides is 1. The van der Waals surface area contributed by atoms with Crippen LogP contribution in [0.25, 0.3) is 0 Å². The van der Waals surface area contributed by atoms with Gasteiger partial charge in [0.05, 0.1) is 0 Å². The first-order chi connectivity index (χ1) is 8.29. The number of hydrogen-bond acceptors (Lipinski definition) is 2. The van der Waals surface area contributed by atoms with Crippen LogP contribution in [0.2, 0.25) is 0 Å². The monoisotopic (exact) mass is 297 g/mol. The van der Waals surface area contributed by atoms with Crippen LogP contribution in [0.5, 0.6) is 5.75 Å². The molecule has 1 heterocycles. The normalized spacial score (nSPS) is 22.3. The van der Waals surface area contributed by atoms with E-state index in [2.05, 4.69) is 20.8 Å². The van der Waals surface area contributed by atoms with Crippen LogP contribution in [-0.2, 0) is 6.54 Å². The predicted octanol–water partition coefficient (Wildman–Crippen LogP) is 3.53. The molecule has 1 aliphatic rings.